The van der Waals surface area contributed by atoms with Gasteiger partial charge < -0.3 is 29.9 Å². The number of hydrogen-bond acceptors (Lipinski definition) is 6. The van der Waals surface area contributed by atoms with Gasteiger partial charge >= 0.3 is 0 Å². The van der Waals surface area contributed by atoms with Crippen LogP contribution < -0.4 is 15.5 Å². The third-order valence-electron chi connectivity index (χ3n) is 9.66. The van der Waals surface area contributed by atoms with Crippen LogP contribution >= 0.6 is 11.6 Å². The number of likely N-dealkylation sites (tertiary alicyclic amines) is 1. The molecule has 1 atom stereocenters. The van der Waals surface area contributed by atoms with E-state index in [0.717, 1.165) is 36.9 Å². The SMILES string of the molecule is O=C(CN1CN(c2ccccc2)C2(CCN(C(=O)C(Cc3ccc(Cl)cc3)NC(=O)Cn3ccnc3)CC2)C1=O)NC1CCCCC1. The average Bonchev–Trinajstić information content (AvgIpc) is 3.69. The Kier molecular flexibility index (Phi) is 10.1. The molecule has 2 aromatic carbocycles. The summed E-state index contributed by atoms with van der Waals surface area (Å²) in [5, 5.41) is 6.68. The molecule has 1 spiro atoms. The minimum atomic E-state index is -0.875. The van der Waals surface area contributed by atoms with E-state index in [-0.39, 0.29) is 42.8 Å². The number of carbonyl (C=O) groups excluding carboxylic acids is 4. The fourth-order valence-electron chi connectivity index (χ4n) is 7.18. The van der Waals surface area contributed by atoms with Crippen LogP contribution in [-0.2, 0) is 32.1 Å². The van der Waals surface area contributed by atoms with E-state index in [0.29, 0.717) is 44.0 Å². The number of piperidine rings is 1. The molecular weight excluding hydrogens is 618 g/mol. The molecule has 3 heterocycles. The van der Waals surface area contributed by atoms with Crippen molar-refractivity contribution < 1.29 is 19.2 Å². The van der Waals surface area contributed by atoms with Crippen LogP contribution in [0.4, 0.5) is 5.69 Å². The smallest absolute Gasteiger partial charge is 0.250 e. The first-order valence-corrected chi connectivity index (χ1v) is 16.9. The quantitative estimate of drug-likeness (QED) is 0.345. The summed E-state index contributed by atoms with van der Waals surface area (Å²) in [6.45, 7) is 1.03. The van der Waals surface area contributed by atoms with Gasteiger partial charge in [-0.15, -0.1) is 0 Å². The van der Waals surface area contributed by atoms with Crippen LogP contribution in [0.3, 0.4) is 0 Å². The predicted molar refractivity (Wildman–Crippen MR) is 178 cm³/mol. The highest BCUT2D eigenvalue weighted by molar-refractivity contribution is 6.30. The van der Waals surface area contributed by atoms with Gasteiger partial charge in [-0.25, -0.2) is 4.98 Å². The number of hydrogen-bond donors (Lipinski definition) is 2. The molecule has 0 radical (unpaired) electrons. The summed E-state index contributed by atoms with van der Waals surface area (Å²) in [6.07, 6.45) is 11.3. The average molecular weight is 660 g/mol. The molecule has 3 aromatic rings. The van der Waals surface area contributed by atoms with Crippen LogP contribution in [0.25, 0.3) is 0 Å². The molecule has 0 bridgehead atoms. The number of para-hydroxylation sites is 1. The molecule has 3 fully saturated rings. The van der Waals surface area contributed by atoms with E-state index in [4.69, 9.17) is 11.6 Å². The normalized spacial score (nSPS) is 18.7. The van der Waals surface area contributed by atoms with Crippen molar-refractivity contribution >= 4 is 40.9 Å². The van der Waals surface area contributed by atoms with Crippen molar-refractivity contribution in [1.82, 2.24) is 30.0 Å². The summed E-state index contributed by atoms with van der Waals surface area (Å²) in [5.41, 5.74) is 0.898. The predicted octanol–water partition coefficient (Wildman–Crippen LogP) is 3.38. The topological polar surface area (TPSA) is 120 Å². The summed E-state index contributed by atoms with van der Waals surface area (Å²) >= 11 is 6.09. The number of nitrogens with zero attached hydrogens (tertiary/aromatic N) is 5. The zero-order chi connectivity index (χ0) is 32.8. The Labute approximate surface area is 280 Å². The lowest BCUT2D eigenvalue weighted by atomic mass is 9.85. The highest BCUT2D eigenvalue weighted by Crippen LogP contribution is 2.39. The Bertz CT molecular complexity index is 1540. The van der Waals surface area contributed by atoms with E-state index in [1.54, 1.807) is 45.2 Å². The van der Waals surface area contributed by atoms with Crippen LogP contribution in [0.1, 0.15) is 50.5 Å². The summed E-state index contributed by atoms with van der Waals surface area (Å²) < 4.78 is 1.65. The molecule has 6 rings (SSSR count). The molecule has 12 heteroatoms. The van der Waals surface area contributed by atoms with Gasteiger partial charge in [-0.1, -0.05) is 61.2 Å². The third kappa shape index (κ3) is 7.62. The van der Waals surface area contributed by atoms with Gasteiger partial charge in [-0.2, -0.15) is 0 Å². The van der Waals surface area contributed by atoms with Gasteiger partial charge in [-0.3, -0.25) is 19.2 Å². The van der Waals surface area contributed by atoms with Crippen molar-refractivity contribution in [2.75, 3.05) is 31.2 Å². The maximum atomic E-state index is 14.2. The Morgan fingerprint density at radius 1 is 0.936 bits per heavy atom. The van der Waals surface area contributed by atoms with Crippen molar-refractivity contribution in [3.63, 3.8) is 0 Å². The van der Waals surface area contributed by atoms with Gasteiger partial charge in [0, 0.05) is 48.7 Å². The summed E-state index contributed by atoms with van der Waals surface area (Å²) in [5.74, 6) is -0.709. The first-order valence-electron chi connectivity index (χ1n) is 16.5. The fraction of sp³-hybridized carbons (Fsp3) is 0.457. The second-order valence-electron chi connectivity index (χ2n) is 12.9. The number of aromatic nitrogens is 2. The van der Waals surface area contributed by atoms with Crippen LogP contribution in [0, 0.1) is 0 Å². The molecule has 1 saturated carbocycles. The minimum Gasteiger partial charge on any atom is -0.352 e. The largest absolute Gasteiger partial charge is 0.352 e. The molecule has 1 aliphatic carbocycles. The van der Waals surface area contributed by atoms with E-state index in [2.05, 4.69) is 20.5 Å². The molecule has 2 saturated heterocycles. The van der Waals surface area contributed by atoms with Crippen molar-refractivity contribution in [1.29, 1.82) is 0 Å². The lowest BCUT2D eigenvalue weighted by molar-refractivity contribution is -0.141. The molecule has 2 N–H and O–H groups in total. The highest BCUT2D eigenvalue weighted by Gasteiger charge is 2.54. The first kappa shape index (κ1) is 32.6. The van der Waals surface area contributed by atoms with Gasteiger partial charge in [0.05, 0.1) is 13.0 Å². The molecule has 3 aliphatic rings. The Hall–Kier alpha value is -4.38. The van der Waals surface area contributed by atoms with E-state index in [1.165, 1.54) is 6.42 Å². The van der Waals surface area contributed by atoms with E-state index in [9.17, 15) is 19.2 Å². The Morgan fingerprint density at radius 2 is 1.66 bits per heavy atom. The lowest BCUT2D eigenvalue weighted by Gasteiger charge is -2.44. The van der Waals surface area contributed by atoms with Crippen molar-refractivity contribution in [2.24, 2.45) is 0 Å². The number of benzene rings is 2. The Morgan fingerprint density at radius 3 is 2.34 bits per heavy atom. The minimum absolute atomic E-state index is 0.00910. The standard InChI is InChI=1S/C35H42ClN7O4/c36-27-13-11-26(12-14-27)21-30(39-31(44)22-40-20-17-37-24-40)33(46)41-18-15-35(16-19-41)34(47)42(25-43(35)29-9-5-2-6-10-29)23-32(45)38-28-7-3-1-4-8-28/h2,5-6,9-14,17,20,24,28,30H,1,3-4,7-8,15-16,18-19,21-23,25H2,(H,38,45)(H,39,44). The van der Waals surface area contributed by atoms with E-state index < -0.39 is 11.6 Å². The second-order valence-corrected chi connectivity index (χ2v) is 13.3. The number of imidazole rings is 1. The van der Waals surface area contributed by atoms with Crippen LogP contribution in [-0.4, -0.2) is 86.9 Å². The fourth-order valence-corrected chi connectivity index (χ4v) is 7.30. The van der Waals surface area contributed by atoms with E-state index >= 15 is 0 Å². The summed E-state index contributed by atoms with van der Waals surface area (Å²) in [4.78, 5) is 63.8. The molecule has 1 aromatic heterocycles. The van der Waals surface area contributed by atoms with Crippen molar-refractivity contribution in [2.45, 2.75) is 75.5 Å². The molecule has 11 nitrogen and oxygen atoms in total. The zero-order valence-electron chi connectivity index (χ0n) is 26.5. The van der Waals surface area contributed by atoms with Gasteiger partial charge in [-0.05, 0) is 55.5 Å². The number of anilines is 1. The maximum Gasteiger partial charge on any atom is 0.250 e. The van der Waals surface area contributed by atoms with Gasteiger partial charge in [0.1, 0.15) is 24.7 Å². The van der Waals surface area contributed by atoms with Gasteiger partial charge in [0.15, 0.2) is 0 Å². The molecule has 1 unspecified atom stereocenters. The number of halogens is 1. The first-order chi connectivity index (χ1) is 22.8. The maximum absolute atomic E-state index is 14.2. The zero-order valence-corrected chi connectivity index (χ0v) is 27.3. The number of carbonyl (C=O) groups is 4. The molecule has 4 amide bonds. The summed E-state index contributed by atoms with van der Waals surface area (Å²) in [6, 6.07) is 16.4. The third-order valence-corrected chi connectivity index (χ3v) is 9.91. The Balaban J connectivity index is 1.16. The molecule has 2 aliphatic heterocycles. The van der Waals surface area contributed by atoms with Crippen molar-refractivity contribution in [3.05, 3.63) is 83.9 Å². The lowest BCUT2D eigenvalue weighted by Crippen LogP contribution is -2.60. The van der Waals surface area contributed by atoms with Gasteiger partial charge in [0.2, 0.25) is 17.7 Å². The molecular formula is C35H42ClN7O4. The highest BCUT2D eigenvalue weighted by atomic mass is 35.5. The van der Waals surface area contributed by atoms with Crippen LogP contribution in [0.2, 0.25) is 5.02 Å². The van der Waals surface area contributed by atoms with E-state index in [1.807, 2.05) is 42.5 Å². The second kappa shape index (κ2) is 14.6. The van der Waals surface area contributed by atoms with Crippen LogP contribution in [0.5, 0.6) is 0 Å². The monoisotopic (exact) mass is 659 g/mol. The van der Waals surface area contributed by atoms with Gasteiger partial charge in [0.25, 0.3) is 5.91 Å². The number of amides is 4. The van der Waals surface area contributed by atoms with Crippen LogP contribution in [0.15, 0.2) is 73.3 Å². The molecule has 47 heavy (non-hydrogen) atoms. The number of rotatable bonds is 10. The van der Waals surface area contributed by atoms with Crippen molar-refractivity contribution in [3.8, 4) is 0 Å². The summed E-state index contributed by atoms with van der Waals surface area (Å²) in [7, 11) is 0. The number of nitrogens with one attached hydrogen (secondary N) is 2. The molecule has 248 valence electrons.